The molecule has 0 saturated carbocycles. The van der Waals surface area contributed by atoms with E-state index in [0.29, 0.717) is 0 Å². The summed E-state index contributed by atoms with van der Waals surface area (Å²) < 4.78 is 0. The Morgan fingerprint density at radius 2 is 1.89 bits per heavy atom. The molecule has 0 aliphatic carbocycles. The molecule has 19 heavy (non-hydrogen) atoms. The summed E-state index contributed by atoms with van der Waals surface area (Å²) in [5.74, 6) is 0.897. The molecule has 1 aromatic heterocycles. The van der Waals surface area contributed by atoms with Gasteiger partial charge >= 0.3 is 0 Å². The van der Waals surface area contributed by atoms with Gasteiger partial charge in [-0.1, -0.05) is 43.3 Å². The monoisotopic (exact) mass is 255 g/mol. The van der Waals surface area contributed by atoms with Crippen LogP contribution in [0.5, 0.6) is 0 Å². The highest BCUT2D eigenvalue weighted by Gasteiger charge is 2.08. The van der Waals surface area contributed by atoms with Crippen molar-refractivity contribution < 1.29 is 0 Å². The van der Waals surface area contributed by atoms with E-state index in [0.717, 1.165) is 30.0 Å². The second-order valence-corrected chi connectivity index (χ2v) is 4.73. The van der Waals surface area contributed by atoms with Crippen LogP contribution in [0.1, 0.15) is 36.2 Å². The lowest BCUT2D eigenvalue weighted by molar-refractivity contribution is 0.689. The number of rotatable bonds is 5. The predicted octanol–water partition coefficient (Wildman–Crippen LogP) is 3.41. The Balaban J connectivity index is 2.04. The van der Waals surface area contributed by atoms with E-state index in [1.165, 1.54) is 5.56 Å². The van der Waals surface area contributed by atoms with E-state index in [2.05, 4.69) is 35.4 Å². The lowest BCUT2D eigenvalue weighted by atomic mass is 10.0. The molecule has 0 amide bonds. The fraction of sp³-hybridized carbons (Fsp3) is 0.312. The van der Waals surface area contributed by atoms with Crippen molar-refractivity contribution in [1.82, 2.24) is 4.98 Å². The first-order chi connectivity index (χ1) is 9.20. The van der Waals surface area contributed by atoms with Gasteiger partial charge in [-0.05, 0) is 30.5 Å². The number of hydrogen-bond donors (Lipinski definition) is 2. The van der Waals surface area contributed by atoms with Crippen molar-refractivity contribution in [1.29, 1.82) is 0 Å². The second kappa shape index (κ2) is 6.34. The number of hydrogen-bond acceptors (Lipinski definition) is 3. The smallest absolute Gasteiger partial charge is 0.126 e. The summed E-state index contributed by atoms with van der Waals surface area (Å²) >= 11 is 0. The van der Waals surface area contributed by atoms with Crippen LogP contribution in [0.2, 0.25) is 0 Å². The van der Waals surface area contributed by atoms with Gasteiger partial charge in [-0.2, -0.15) is 0 Å². The van der Waals surface area contributed by atoms with Gasteiger partial charge in [-0.15, -0.1) is 0 Å². The number of anilines is 1. The van der Waals surface area contributed by atoms with Crippen LogP contribution in [0.3, 0.4) is 0 Å². The van der Waals surface area contributed by atoms with E-state index in [1.807, 2.05) is 31.2 Å². The van der Waals surface area contributed by atoms with Crippen LogP contribution in [0.15, 0.2) is 42.5 Å². The Kier molecular flexibility index (Phi) is 4.53. The van der Waals surface area contributed by atoms with E-state index in [4.69, 9.17) is 5.73 Å². The molecule has 3 N–H and O–H groups in total. The number of nitrogens with zero attached hydrogens (tertiary/aromatic N) is 1. The van der Waals surface area contributed by atoms with Gasteiger partial charge < -0.3 is 11.1 Å². The van der Waals surface area contributed by atoms with Crippen LogP contribution in [0, 0.1) is 6.92 Å². The Morgan fingerprint density at radius 3 is 2.53 bits per heavy atom. The molecule has 0 aliphatic heterocycles. The number of aryl methyl sites for hydroxylation is 1. The van der Waals surface area contributed by atoms with Gasteiger partial charge in [0.25, 0.3) is 0 Å². The van der Waals surface area contributed by atoms with Crippen molar-refractivity contribution in [3.8, 4) is 0 Å². The minimum absolute atomic E-state index is 0.0793. The average molecular weight is 255 g/mol. The molecule has 2 rings (SSSR count). The normalized spacial score (nSPS) is 12.2. The van der Waals surface area contributed by atoms with Gasteiger partial charge in [0.1, 0.15) is 5.82 Å². The molecule has 1 unspecified atom stereocenters. The van der Waals surface area contributed by atoms with Crippen LogP contribution in [-0.4, -0.2) is 4.98 Å². The number of benzene rings is 1. The SMILES string of the molecule is CCC(N)c1ccc(NCc2ccccc2)nc1C. The fourth-order valence-electron chi connectivity index (χ4n) is 2.07. The van der Waals surface area contributed by atoms with Gasteiger partial charge in [0.2, 0.25) is 0 Å². The molecule has 100 valence electrons. The van der Waals surface area contributed by atoms with Gasteiger partial charge in [0, 0.05) is 18.3 Å². The molecule has 0 saturated heterocycles. The molecule has 3 heteroatoms. The highest BCUT2D eigenvalue weighted by molar-refractivity contribution is 5.40. The number of aromatic nitrogens is 1. The third kappa shape index (κ3) is 3.55. The van der Waals surface area contributed by atoms with Crippen molar-refractivity contribution in [3.63, 3.8) is 0 Å². The fourth-order valence-corrected chi connectivity index (χ4v) is 2.07. The molecule has 1 heterocycles. The minimum atomic E-state index is 0.0793. The van der Waals surface area contributed by atoms with E-state index in [9.17, 15) is 0 Å². The molecule has 1 atom stereocenters. The molecular formula is C16H21N3. The van der Waals surface area contributed by atoms with Gasteiger partial charge in [0.15, 0.2) is 0 Å². The lowest BCUT2D eigenvalue weighted by Crippen LogP contribution is -2.12. The first-order valence-electron chi connectivity index (χ1n) is 6.71. The summed E-state index contributed by atoms with van der Waals surface area (Å²) in [7, 11) is 0. The number of nitrogens with two attached hydrogens (primary N) is 1. The van der Waals surface area contributed by atoms with Crippen molar-refractivity contribution in [2.75, 3.05) is 5.32 Å². The van der Waals surface area contributed by atoms with E-state index in [1.54, 1.807) is 0 Å². The van der Waals surface area contributed by atoms with Crippen molar-refractivity contribution in [2.24, 2.45) is 5.73 Å². The van der Waals surface area contributed by atoms with Crippen molar-refractivity contribution in [3.05, 3.63) is 59.3 Å². The standard InChI is InChI=1S/C16H21N3/c1-3-15(17)14-9-10-16(19-12(14)2)18-11-13-7-5-4-6-8-13/h4-10,15H,3,11,17H2,1-2H3,(H,18,19). The molecule has 0 aliphatic rings. The zero-order chi connectivity index (χ0) is 13.7. The van der Waals surface area contributed by atoms with Gasteiger partial charge in [-0.3, -0.25) is 0 Å². The van der Waals surface area contributed by atoms with Crippen molar-refractivity contribution in [2.45, 2.75) is 32.9 Å². The zero-order valence-corrected chi connectivity index (χ0v) is 11.6. The largest absolute Gasteiger partial charge is 0.366 e. The molecule has 0 spiro atoms. The van der Waals surface area contributed by atoms with Crippen LogP contribution < -0.4 is 11.1 Å². The second-order valence-electron chi connectivity index (χ2n) is 4.73. The Labute approximate surface area is 114 Å². The van der Waals surface area contributed by atoms with Crippen LogP contribution in [0.4, 0.5) is 5.82 Å². The Bertz CT molecular complexity index is 523. The van der Waals surface area contributed by atoms with Crippen molar-refractivity contribution >= 4 is 5.82 Å². The van der Waals surface area contributed by atoms with Crippen LogP contribution in [0.25, 0.3) is 0 Å². The zero-order valence-electron chi connectivity index (χ0n) is 11.6. The Morgan fingerprint density at radius 1 is 1.16 bits per heavy atom. The predicted molar refractivity (Wildman–Crippen MR) is 80.0 cm³/mol. The average Bonchev–Trinajstić information content (AvgIpc) is 2.45. The molecule has 0 bridgehead atoms. The minimum Gasteiger partial charge on any atom is -0.366 e. The number of nitrogens with one attached hydrogen (secondary N) is 1. The summed E-state index contributed by atoms with van der Waals surface area (Å²) in [4.78, 5) is 4.57. The maximum atomic E-state index is 6.05. The Hall–Kier alpha value is -1.87. The molecule has 2 aromatic rings. The van der Waals surface area contributed by atoms with Crippen LogP contribution in [-0.2, 0) is 6.54 Å². The molecule has 1 aromatic carbocycles. The third-order valence-corrected chi connectivity index (χ3v) is 3.28. The molecular weight excluding hydrogens is 234 g/mol. The molecule has 0 radical (unpaired) electrons. The maximum Gasteiger partial charge on any atom is 0.126 e. The quantitative estimate of drug-likeness (QED) is 0.860. The van der Waals surface area contributed by atoms with E-state index >= 15 is 0 Å². The third-order valence-electron chi connectivity index (χ3n) is 3.28. The topological polar surface area (TPSA) is 50.9 Å². The van der Waals surface area contributed by atoms with Gasteiger partial charge in [-0.25, -0.2) is 4.98 Å². The summed E-state index contributed by atoms with van der Waals surface area (Å²) in [6.07, 6.45) is 0.930. The van der Waals surface area contributed by atoms with E-state index < -0.39 is 0 Å². The summed E-state index contributed by atoms with van der Waals surface area (Å²) in [5.41, 5.74) is 9.44. The number of pyridine rings is 1. The molecule has 3 nitrogen and oxygen atoms in total. The van der Waals surface area contributed by atoms with E-state index in [-0.39, 0.29) is 6.04 Å². The maximum absolute atomic E-state index is 6.05. The lowest BCUT2D eigenvalue weighted by Gasteiger charge is -2.13. The summed E-state index contributed by atoms with van der Waals surface area (Å²) in [5, 5.41) is 3.33. The highest BCUT2D eigenvalue weighted by atomic mass is 15.0. The first kappa shape index (κ1) is 13.6. The van der Waals surface area contributed by atoms with Crippen LogP contribution >= 0.6 is 0 Å². The summed E-state index contributed by atoms with van der Waals surface area (Å²) in [6, 6.07) is 14.5. The highest BCUT2D eigenvalue weighted by Crippen LogP contribution is 2.19. The summed E-state index contributed by atoms with van der Waals surface area (Å²) in [6.45, 7) is 4.89. The van der Waals surface area contributed by atoms with Gasteiger partial charge in [0.05, 0.1) is 0 Å². The first-order valence-corrected chi connectivity index (χ1v) is 6.71. The molecule has 0 fully saturated rings.